The van der Waals surface area contributed by atoms with Crippen molar-refractivity contribution in [2.45, 2.75) is 25.1 Å². The van der Waals surface area contributed by atoms with Crippen LogP contribution in [-0.2, 0) is 5.67 Å². The topological polar surface area (TPSA) is 41.5 Å². The van der Waals surface area contributed by atoms with Gasteiger partial charge < -0.3 is 9.84 Å². The number of hydrogen-bond donors (Lipinski definition) is 2. The van der Waals surface area contributed by atoms with Gasteiger partial charge in [0.1, 0.15) is 11.6 Å². The van der Waals surface area contributed by atoms with Crippen molar-refractivity contribution in [1.29, 1.82) is 0 Å². The molecule has 1 aromatic carbocycles. The zero-order valence-corrected chi connectivity index (χ0v) is 12.1. The fourth-order valence-electron chi connectivity index (χ4n) is 2.40. The molecule has 1 aliphatic rings. The molecule has 21 heavy (non-hydrogen) atoms. The summed E-state index contributed by atoms with van der Waals surface area (Å²) in [6.07, 6.45) is 2.62. The lowest BCUT2D eigenvalue weighted by molar-refractivity contribution is 0.166. The summed E-state index contributed by atoms with van der Waals surface area (Å²) in [6.45, 7) is 1.58. The minimum Gasteiger partial charge on any atom is -0.497 e. The number of rotatable bonds is 5. The van der Waals surface area contributed by atoms with Gasteiger partial charge in [0.05, 0.1) is 13.8 Å². The van der Waals surface area contributed by atoms with E-state index in [2.05, 4.69) is 5.32 Å². The number of nitrogens with one attached hydrogen (secondary N) is 1. The monoisotopic (exact) mass is 295 g/mol. The van der Waals surface area contributed by atoms with Crippen molar-refractivity contribution >= 4 is 0 Å². The normalized spacial score (nSPS) is 23.3. The molecule has 2 rings (SSSR count). The molecule has 0 saturated heterocycles. The number of hydrogen-bond acceptors (Lipinski definition) is 3. The molecular weight excluding hydrogens is 276 g/mol. The molecule has 2 unspecified atom stereocenters. The van der Waals surface area contributed by atoms with Gasteiger partial charge in [-0.2, -0.15) is 0 Å². The minimum absolute atomic E-state index is 0.0875. The first-order chi connectivity index (χ1) is 10.0. The number of aliphatic hydroxyl groups is 1. The van der Waals surface area contributed by atoms with E-state index in [4.69, 9.17) is 9.84 Å². The number of benzene rings is 1. The van der Waals surface area contributed by atoms with Crippen LogP contribution in [0.25, 0.3) is 0 Å². The van der Waals surface area contributed by atoms with E-state index in [1.165, 1.54) is 19.2 Å². The molecular formula is C16H19F2NO2. The number of aliphatic hydroxyl groups excluding tert-OH is 1. The highest BCUT2D eigenvalue weighted by Gasteiger charge is 2.40. The molecule has 114 valence electrons. The molecule has 0 amide bonds. The largest absolute Gasteiger partial charge is 0.497 e. The van der Waals surface area contributed by atoms with Crippen molar-refractivity contribution in [3.63, 3.8) is 0 Å². The maximum atomic E-state index is 15.2. The molecule has 0 aromatic heterocycles. The first kappa shape index (κ1) is 15.7. The Morgan fingerprint density at radius 2 is 2.00 bits per heavy atom. The van der Waals surface area contributed by atoms with Crippen LogP contribution in [0.2, 0.25) is 0 Å². The van der Waals surface area contributed by atoms with Gasteiger partial charge >= 0.3 is 0 Å². The quantitative estimate of drug-likeness (QED) is 0.821. The van der Waals surface area contributed by atoms with Crippen molar-refractivity contribution in [3.05, 3.63) is 53.4 Å². The van der Waals surface area contributed by atoms with Crippen LogP contribution in [0, 0.1) is 0 Å². The summed E-state index contributed by atoms with van der Waals surface area (Å²) in [6, 6.07) is 6.04. The van der Waals surface area contributed by atoms with E-state index in [0.717, 1.165) is 6.08 Å². The average Bonchev–Trinajstić information content (AvgIpc) is 2.50. The molecule has 5 heteroatoms. The van der Waals surface area contributed by atoms with Gasteiger partial charge in [-0.25, -0.2) is 8.78 Å². The number of alkyl halides is 1. The van der Waals surface area contributed by atoms with Crippen molar-refractivity contribution in [2.24, 2.45) is 0 Å². The van der Waals surface area contributed by atoms with Crippen molar-refractivity contribution in [3.8, 4) is 5.75 Å². The molecule has 1 aromatic rings. The number of ether oxygens (including phenoxy) is 1. The highest BCUT2D eigenvalue weighted by atomic mass is 19.2. The fraction of sp³-hybridized carbons (Fsp3) is 0.375. The van der Waals surface area contributed by atoms with Crippen LogP contribution in [0.1, 0.15) is 18.9 Å². The molecule has 1 aliphatic carbocycles. The summed E-state index contributed by atoms with van der Waals surface area (Å²) in [5.41, 5.74) is -1.23. The van der Waals surface area contributed by atoms with Crippen LogP contribution < -0.4 is 10.1 Å². The van der Waals surface area contributed by atoms with Crippen LogP contribution in [0.5, 0.6) is 5.75 Å². The van der Waals surface area contributed by atoms with E-state index in [-0.39, 0.29) is 24.8 Å². The van der Waals surface area contributed by atoms with Crippen LogP contribution >= 0.6 is 0 Å². The third kappa shape index (κ3) is 3.14. The summed E-state index contributed by atoms with van der Waals surface area (Å²) < 4.78 is 34.3. The SMILES string of the molecule is COc1ccc(C2(F)CC(C(C)NCO)=CC=C2F)cc1. The second-order valence-electron chi connectivity index (χ2n) is 5.05. The van der Waals surface area contributed by atoms with Crippen molar-refractivity contribution < 1.29 is 18.6 Å². The Morgan fingerprint density at radius 1 is 1.33 bits per heavy atom. The molecule has 0 saturated carbocycles. The lowest BCUT2D eigenvalue weighted by Gasteiger charge is -2.30. The van der Waals surface area contributed by atoms with Crippen LogP contribution in [0.3, 0.4) is 0 Å². The zero-order valence-electron chi connectivity index (χ0n) is 12.1. The van der Waals surface area contributed by atoms with E-state index < -0.39 is 11.5 Å². The predicted octanol–water partition coefficient (Wildman–Crippen LogP) is 2.97. The highest BCUT2D eigenvalue weighted by molar-refractivity contribution is 5.41. The molecule has 0 spiro atoms. The van der Waals surface area contributed by atoms with Crippen LogP contribution in [-0.4, -0.2) is 25.0 Å². The summed E-state index contributed by atoms with van der Waals surface area (Å²) >= 11 is 0. The van der Waals surface area contributed by atoms with E-state index >= 15 is 4.39 Å². The minimum atomic E-state index is -2.18. The Labute approximate surface area is 122 Å². The summed E-state index contributed by atoms with van der Waals surface area (Å²) in [4.78, 5) is 0. The van der Waals surface area contributed by atoms with Crippen LogP contribution in [0.4, 0.5) is 8.78 Å². The maximum Gasteiger partial charge on any atom is 0.190 e. The Kier molecular flexibility index (Phi) is 4.75. The second-order valence-corrected chi connectivity index (χ2v) is 5.05. The van der Waals surface area contributed by atoms with Crippen molar-refractivity contribution in [1.82, 2.24) is 5.32 Å². The van der Waals surface area contributed by atoms with Gasteiger partial charge in [-0.05, 0) is 36.3 Å². The first-order valence-corrected chi connectivity index (χ1v) is 6.75. The predicted molar refractivity (Wildman–Crippen MR) is 77.4 cm³/mol. The molecule has 2 N–H and O–H groups in total. The van der Waals surface area contributed by atoms with E-state index in [9.17, 15) is 4.39 Å². The van der Waals surface area contributed by atoms with Crippen LogP contribution in [0.15, 0.2) is 47.8 Å². The number of halogens is 2. The summed E-state index contributed by atoms with van der Waals surface area (Å²) in [5, 5.41) is 11.7. The first-order valence-electron chi connectivity index (χ1n) is 6.75. The molecule has 3 nitrogen and oxygen atoms in total. The molecule has 2 atom stereocenters. The molecule has 0 radical (unpaired) electrons. The Balaban J connectivity index is 2.29. The third-order valence-electron chi connectivity index (χ3n) is 3.77. The van der Waals surface area contributed by atoms with Gasteiger partial charge in [0.25, 0.3) is 0 Å². The Hall–Kier alpha value is -1.72. The molecule has 0 bridgehead atoms. The standard InChI is InChI=1S/C16H19F2NO2/c1-11(19-10-20)12-3-8-15(17)16(18,9-12)13-4-6-14(21-2)7-5-13/h3-8,11,19-20H,9-10H2,1-2H3. The molecule has 0 aliphatic heterocycles. The Morgan fingerprint density at radius 3 is 2.57 bits per heavy atom. The summed E-state index contributed by atoms with van der Waals surface area (Å²) in [5.74, 6) is -0.221. The van der Waals surface area contributed by atoms with Gasteiger partial charge in [0, 0.05) is 12.5 Å². The van der Waals surface area contributed by atoms with E-state index in [1.54, 1.807) is 25.1 Å². The smallest absolute Gasteiger partial charge is 0.190 e. The number of methoxy groups -OCH3 is 1. The van der Waals surface area contributed by atoms with Gasteiger partial charge in [0.15, 0.2) is 5.67 Å². The second kappa shape index (κ2) is 6.37. The molecule has 0 heterocycles. The molecule has 0 fully saturated rings. The van der Waals surface area contributed by atoms with E-state index in [1.807, 2.05) is 0 Å². The maximum absolute atomic E-state index is 15.2. The number of allylic oxidation sites excluding steroid dienone is 3. The van der Waals surface area contributed by atoms with Crippen molar-refractivity contribution in [2.75, 3.05) is 13.8 Å². The summed E-state index contributed by atoms with van der Waals surface area (Å²) in [7, 11) is 1.52. The van der Waals surface area contributed by atoms with Gasteiger partial charge in [-0.3, -0.25) is 5.32 Å². The zero-order chi connectivity index (χ0) is 15.5. The lowest BCUT2D eigenvalue weighted by atomic mass is 9.82. The van der Waals surface area contributed by atoms with Gasteiger partial charge in [0.2, 0.25) is 0 Å². The fourth-order valence-corrected chi connectivity index (χ4v) is 2.40. The average molecular weight is 295 g/mol. The van der Waals surface area contributed by atoms with Gasteiger partial charge in [-0.1, -0.05) is 18.2 Å². The third-order valence-corrected chi connectivity index (χ3v) is 3.77. The highest BCUT2D eigenvalue weighted by Crippen LogP contribution is 2.44. The Bertz CT molecular complexity index is 554. The van der Waals surface area contributed by atoms with E-state index in [0.29, 0.717) is 11.3 Å². The lowest BCUT2D eigenvalue weighted by Crippen LogP contribution is -2.34. The van der Waals surface area contributed by atoms with Gasteiger partial charge in [-0.15, -0.1) is 0 Å².